The minimum absolute atomic E-state index is 0.371. The van der Waals surface area contributed by atoms with Crippen molar-refractivity contribution in [2.45, 2.75) is 51.5 Å². The van der Waals surface area contributed by atoms with E-state index in [1.807, 2.05) is 0 Å². The zero-order valence-corrected chi connectivity index (χ0v) is 21.1. The van der Waals surface area contributed by atoms with Gasteiger partial charge in [0.05, 0.1) is 6.61 Å². The fourth-order valence-electron chi connectivity index (χ4n) is 5.98. The average Bonchev–Trinajstić information content (AvgIpc) is 3.42. The van der Waals surface area contributed by atoms with Crippen molar-refractivity contribution in [3.63, 3.8) is 0 Å². The van der Waals surface area contributed by atoms with Crippen molar-refractivity contribution in [3.8, 4) is 5.75 Å². The van der Waals surface area contributed by atoms with Gasteiger partial charge in [-0.1, -0.05) is 43.2 Å². The van der Waals surface area contributed by atoms with Crippen molar-refractivity contribution in [1.29, 1.82) is 0 Å². The largest absolute Gasteiger partial charge is 0.493 e. The van der Waals surface area contributed by atoms with E-state index in [9.17, 15) is 4.79 Å². The molecule has 2 heterocycles. The van der Waals surface area contributed by atoms with E-state index in [4.69, 9.17) is 4.74 Å². The van der Waals surface area contributed by atoms with Crippen LogP contribution in [0, 0.1) is 11.8 Å². The number of ether oxygens (including phenoxy) is 1. The number of anilines is 1. The molecule has 5 heteroatoms. The van der Waals surface area contributed by atoms with E-state index in [1.165, 1.54) is 36.9 Å². The molecule has 0 N–H and O–H groups in total. The van der Waals surface area contributed by atoms with Crippen molar-refractivity contribution in [2.24, 2.45) is 11.8 Å². The second-order valence-electron chi connectivity index (χ2n) is 10.8. The van der Waals surface area contributed by atoms with Crippen molar-refractivity contribution < 1.29 is 9.53 Å². The van der Waals surface area contributed by atoms with Crippen LogP contribution in [-0.4, -0.2) is 61.6 Å². The van der Waals surface area contributed by atoms with E-state index in [1.54, 1.807) is 0 Å². The van der Waals surface area contributed by atoms with Crippen LogP contribution in [0.5, 0.6) is 5.75 Å². The van der Waals surface area contributed by atoms with Crippen molar-refractivity contribution >= 4 is 11.6 Å². The molecule has 1 saturated carbocycles. The van der Waals surface area contributed by atoms with E-state index in [2.05, 4.69) is 69.3 Å². The van der Waals surface area contributed by atoms with Crippen LogP contribution in [0.3, 0.4) is 0 Å². The first-order valence-corrected chi connectivity index (χ1v) is 13.7. The normalized spacial score (nSPS) is 21.9. The van der Waals surface area contributed by atoms with E-state index in [0.29, 0.717) is 24.3 Å². The minimum atomic E-state index is 0.371. The minimum Gasteiger partial charge on any atom is -0.493 e. The summed E-state index contributed by atoms with van der Waals surface area (Å²) in [7, 11) is 0. The van der Waals surface area contributed by atoms with E-state index < -0.39 is 0 Å². The number of amides is 1. The topological polar surface area (TPSA) is 36.0 Å². The highest BCUT2D eigenvalue weighted by Crippen LogP contribution is 2.29. The van der Waals surface area contributed by atoms with Gasteiger partial charge in [-0.05, 0) is 61.4 Å². The third kappa shape index (κ3) is 6.78. The van der Waals surface area contributed by atoms with Crippen LogP contribution >= 0.6 is 0 Å². The quantitative estimate of drug-likeness (QED) is 0.525. The smallest absolute Gasteiger partial charge is 0.222 e. The standard InChI is InChI=1S/C30H41N3O2/c34-30(21-25-7-4-5-8-25)33-16-6-9-27(23-33)24-35-29-14-12-26(13-15-29)22-31-17-19-32(20-18-31)28-10-2-1-3-11-28/h1-3,10-15,25,27H,4-9,16-24H2/t27-/m1/s1. The lowest BCUT2D eigenvalue weighted by Gasteiger charge is -2.36. The third-order valence-corrected chi connectivity index (χ3v) is 8.12. The van der Waals surface area contributed by atoms with Crippen LogP contribution in [0.2, 0.25) is 0 Å². The van der Waals surface area contributed by atoms with Gasteiger partial charge in [-0.15, -0.1) is 0 Å². The first kappa shape index (κ1) is 24.2. The van der Waals surface area contributed by atoms with Gasteiger partial charge in [-0.25, -0.2) is 0 Å². The molecular formula is C30H41N3O2. The molecule has 1 amide bonds. The van der Waals surface area contributed by atoms with Crippen LogP contribution < -0.4 is 9.64 Å². The van der Waals surface area contributed by atoms with Gasteiger partial charge in [-0.2, -0.15) is 0 Å². The number of carbonyl (C=O) groups is 1. The molecule has 2 aliphatic heterocycles. The second-order valence-corrected chi connectivity index (χ2v) is 10.8. The summed E-state index contributed by atoms with van der Waals surface area (Å²) in [5, 5.41) is 0. The predicted octanol–water partition coefficient (Wildman–Crippen LogP) is 5.21. The molecule has 0 radical (unpaired) electrons. The molecule has 3 fully saturated rings. The highest BCUT2D eigenvalue weighted by molar-refractivity contribution is 5.76. The van der Waals surface area contributed by atoms with Gasteiger partial charge in [0.1, 0.15) is 5.75 Å². The molecular weight excluding hydrogens is 434 g/mol. The van der Waals surface area contributed by atoms with Gasteiger partial charge in [-0.3, -0.25) is 9.69 Å². The number of piperazine rings is 1. The Hall–Kier alpha value is -2.53. The molecule has 3 aliphatic rings. The number of hydrogen-bond donors (Lipinski definition) is 0. The van der Waals surface area contributed by atoms with Gasteiger partial charge in [0.25, 0.3) is 0 Å². The lowest BCUT2D eigenvalue weighted by Crippen LogP contribution is -2.45. The molecule has 188 valence electrons. The highest BCUT2D eigenvalue weighted by atomic mass is 16.5. The third-order valence-electron chi connectivity index (χ3n) is 8.12. The molecule has 5 rings (SSSR count). The Labute approximate surface area is 211 Å². The first-order chi connectivity index (χ1) is 17.2. The number of likely N-dealkylation sites (tertiary alicyclic amines) is 1. The fraction of sp³-hybridized carbons (Fsp3) is 0.567. The molecule has 0 aromatic heterocycles. The second kappa shape index (κ2) is 11.9. The lowest BCUT2D eigenvalue weighted by molar-refractivity contribution is -0.134. The Bertz CT molecular complexity index is 918. The number of piperidine rings is 1. The van der Waals surface area contributed by atoms with Crippen molar-refractivity contribution in [1.82, 2.24) is 9.80 Å². The van der Waals surface area contributed by atoms with E-state index in [0.717, 1.165) is 70.8 Å². The maximum absolute atomic E-state index is 12.7. The summed E-state index contributed by atoms with van der Waals surface area (Å²) < 4.78 is 6.16. The number of para-hydroxylation sites is 1. The Kier molecular flexibility index (Phi) is 8.25. The molecule has 0 unspecified atom stereocenters. The number of benzene rings is 2. The number of hydrogen-bond acceptors (Lipinski definition) is 4. The van der Waals surface area contributed by atoms with Crippen molar-refractivity contribution in [2.75, 3.05) is 50.8 Å². The maximum atomic E-state index is 12.7. The summed E-state index contributed by atoms with van der Waals surface area (Å²) in [6.07, 6.45) is 8.10. The molecule has 5 nitrogen and oxygen atoms in total. The molecule has 0 spiro atoms. The molecule has 2 aromatic carbocycles. The summed E-state index contributed by atoms with van der Waals surface area (Å²) in [5.41, 5.74) is 2.67. The monoisotopic (exact) mass is 475 g/mol. The highest BCUT2D eigenvalue weighted by Gasteiger charge is 2.27. The zero-order valence-electron chi connectivity index (χ0n) is 21.1. The van der Waals surface area contributed by atoms with Crippen LogP contribution in [0.15, 0.2) is 54.6 Å². The van der Waals surface area contributed by atoms with Crippen LogP contribution in [0.25, 0.3) is 0 Å². The van der Waals surface area contributed by atoms with Crippen molar-refractivity contribution in [3.05, 3.63) is 60.2 Å². The molecule has 1 atom stereocenters. The van der Waals surface area contributed by atoms with Crippen LogP contribution in [-0.2, 0) is 11.3 Å². The average molecular weight is 476 g/mol. The summed E-state index contributed by atoms with van der Waals surface area (Å²) in [6, 6.07) is 19.4. The summed E-state index contributed by atoms with van der Waals surface area (Å²) >= 11 is 0. The van der Waals surface area contributed by atoms with Gasteiger partial charge in [0.2, 0.25) is 5.91 Å². The van der Waals surface area contributed by atoms with Gasteiger partial charge >= 0.3 is 0 Å². The predicted molar refractivity (Wildman–Crippen MR) is 142 cm³/mol. The Morgan fingerprint density at radius 1 is 0.800 bits per heavy atom. The Balaban J connectivity index is 1.03. The number of carbonyl (C=O) groups excluding carboxylic acids is 1. The van der Waals surface area contributed by atoms with Gasteiger partial charge in [0, 0.05) is 63.8 Å². The van der Waals surface area contributed by atoms with E-state index >= 15 is 0 Å². The molecule has 2 saturated heterocycles. The Morgan fingerprint density at radius 3 is 2.26 bits per heavy atom. The molecule has 0 bridgehead atoms. The zero-order chi connectivity index (χ0) is 23.9. The molecule has 2 aromatic rings. The number of rotatable bonds is 8. The van der Waals surface area contributed by atoms with E-state index in [-0.39, 0.29) is 0 Å². The summed E-state index contributed by atoms with van der Waals surface area (Å²) in [6.45, 7) is 7.81. The van der Waals surface area contributed by atoms with Crippen LogP contribution in [0.4, 0.5) is 5.69 Å². The first-order valence-electron chi connectivity index (χ1n) is 13.7. The van der Waals surface area contributed by atoms with Crippen LogP contribution in [0.1, 0.15) is 50.5 Å². The maximum Gasteiger partial charge on any atom is 0.222 e. The molecule has 1 aliphatic carbocycles. The fourth-order valence-corrected chi connectivity index (χ4v) is 5.98. The lowest BCUT2D eigenvalue weighted by atomic mass is 9.97. The Morgan fingerprint density at radius 2 is 1.51 bits per heavy atom. The summed E-state index contributed by atoms with van der Waals surface area (Å²) in [4.78, 5) is 19.9. The van der Waals surface area contributed by atoms with Gasteiger partial charge in [0.15, 0.2) is 0 Å². The van der Waals surface area contributed by atoms with Gasteiger partial charge < -0.3 is 14.5 Å². The molecule has 35 heavy (non-hydrogen) atoms. The summed E-state index contributed by atoms with van der Waals surface area (Å²) in [5.74, 6) is 2.38. The SMILES string of the molecule is O=C(CC1CCCC1)N1CCC[C@@H](COc2ccc(CN3CCN(c4ccccc4)CC3)cc2)C1. The number of nitrogens with zero attached hydrogens (tertiary/aromatic N) is 3.